The van der Waals surface area contributed by atoms with Crippen LogP contribution in [0.15, 0.2) is 0 Å². The number of carbonyl (C=O) groups excluding carboxylic acids is 1. The highest BCUT2D eigenvalue weighted by atomic mass is 16.2. The van der Waals surface area contributed by atoms with E-state index in [1.807, 2.05) is 0 Å². The van der Waals surface area contributed by atoms with Crippen molar-refractivity contribution >= 4 is 5.91 Å². The highest BCUT2D eigenvalue weighted by Gasteiger charge is 2.31. The molecule has 0 aromatic carbocycles. The van der Waals surface area contributed by atoms with Crippen LogP contribution in [0.1, 0.15) is 32.6 Å². The van der Waals surface area contributed by atoms with Gasteiger partial charge in [-0.2, -0.15) is 0 Å². The zero-order chi connectivity index (χ0) is 12.1. The molecule has 1 amide bonds. The number of nitrogens with one attached hydrogen (secondary N) is 2. The number of hydrogen-bond donors (Lipinski definition) is 2. The van der Waals surface area contributed by atoms with Crippen molar-refractivity contribution in [3.8, 4) is 0 Å². The lowest BCUT2D eigenvalue weighted by atomic mass is 9.97. The Hall–Kier alpha value is -0.610. The minimum absolute atomic E-state index is 0.218. The number of nitrogens with zero attached hydrogens (tertiary/aromatic N) is 1. The first-order valence-electron chi connectivity index (χ1n) is 7.05. The zero-order valence-corrected chi connectivity index (χ0v) is 10.9. The maximum Gasteiger partial charge on any atom is 0.227 e. The summed E-state index contributed by atoms with van der Waals surface area (Å²) in [5, 5.41) is 6.70. The Bertz CT molecular complexity index is 245. The van der Waals surface area contributed by atoms with E-state index in [1.54, 1.807) is 0 Å². The zero-order valence-electron chi connectivity index (χ0n) is 10.9. The molecule has 0 aromatic rings. The third kappa shape index (κ3) is 3.19. The van der Waals surface area contributed by atoms with Gasteiger partial charge in [0.1, 0.15) is 0 Å². The molecule has 2 N–H and O–H groups in total. The van der Waals surface area contributed by atoms with Gasteiger partial charge >= 0.3 is 0 Å². The predicted octanol–water partition coefficient (Wildman–Crippen LogP) is 0.587. The second-order valence-corrected chi connectivity index (χ2v) is 5.22. The molecular weight excluding hydrogens is 214 g/mol. The predicted molar refractivity (Wildman–Crippen MR) is 68.9 cm³/mol. The van der Waals surface area contributed by atoms with Crippen LogP contribution in [0.3, 0.4) is 0 Å². The molecule has 4 nitrogen and oxygen atoms in total. The fourth-order valence-electron chi connectivity index (χ4n) is 2.92. The van der Waals surface area contributed by atoms with E-state index in [0.717, 1.165) is 58.4 Å². The Labute approximate surface area is 104 Å². The maximum absolute atomic E-state index is 12.5. The van der Waals surface area contributed by atoms with Crippen LogP contribution < -0.4 is 10.6 Å². The number of amides is 1. The van der Waals surface area contributed by atoms with Crippen LogP contribution in [0.25, 0.3) is 0 Å². The van der Waals surface area contributed by atoms with Crippen LogP contribution in [-0.4, -0.2) is 49.6 Å². The summed E-state index contributed by atoms with van der Waals surface area (Å²) in [5.41, 5.74) is 0. The molecule has 0 saturated carbocycles. The van der Waals surface area contributed by atoms with Gasteiger partial charge in [0.25, 0.3) is 0 Å². The van der Waals surface area contributed by atoms with Gasteiger partial charge in [0.05, 0.1) is 5.92 Å². The summed E-state index contributed by atoms with van der Waals surface area (Å²) in [5.74, 6) is 0.601. The van der Waals surface area contributed by atoms with Crippen LogP contribution in [0.5, 0.6) is 0 Å². The lowest BCUT2D eigenvalue weighted by Gasteiger charge is -2.33. The van der Waals surface area contributed by atoms with Crippen molar-refractivity contribution in [2.75, 3.05) is 32.7 Å². The van der Waals surface area contributed by atoms with Gasteiger partial charge < -0.3 is 15.5 Å². The van der Waals surface area contributed by atoms with E-state index in [-0.39, 0.29) is 5.92 Å². The highest BCUT2D eigenvalue weighted by molar-refractivity contribution is 5.79. The number of rotatable bonds is 4. The Morgan fingerprint density at radius 1 is 1.24 bits per heavy atom. The molecule has 2 rings (SSSR count). The molecule has 2 fully saturated rings. The first-order valence-corrected chi connectivity index (χ1v) is 7.05. The standard InChI is InChI=1S/C13H25N3O/c1-2-8-16(12-5-7-15-10-12)13(17)11-4-3-6-14-9-11/h11-12,14-15H,2-10H2,1H3. The van der Waals surface area contributed by atoms with Gasteiger partial charge in [-0.3, -0.25) is 4.79 Å². The first-order chi connectivity index (χ1) is 8.33. The molecule has 17 heavy (non-hydrogen) atoms. The minimum atomic E-state index is 0.218. The molecule has 0 bridgehead atoms. The topological polar surface area (TPSA) is 44.4 Å². The third-order valence-corrected chi connectivity index (χ3v) is 3.87. The lowest BCUT2D eigenvalue weighted by Crippen LogP contribution is -2.48. The smallest absolute Gasteiger partial charge is 0.227 e. The normalized spacial score (nSPS) is 29.2. The van der Waals surface area contributed by atoms with Crippen LogP contribution in [0.2, 0.25) is 0 Å². The van der Waals surface area contributed by atoms with E-state index in [0.29, 0.717) is 11.9 Å². The first kappa shape index (κ1) is 12.8. The summed E-state index contributed by atoms with van der Waals surface area (Å²) in [7, 11) is 0. The molecule has 0 radical (unpaired) electrons. The van der Waals surface area contributed by atoms with Gasteiger partial charge in [0.15, 0.2) is 0 Å². The molecule has 2 aliphatic rings. The molecule has 4 heteroatoms. The monoisotopic (exact) mass is 239 g/mol. The van der Waals surface area contributed by atoms with Gasteiger partial charge in [0.2, 0.25) is 5.91 Å². The molecule has 2 atom stereocenters. The third-order valence-electron chi connectivity index (χ3n) is 3.87. The van der Waals surface area contributed by atoms with Crippen LogP contribution in [0, 0.1) is 5.92 Å². The Morgan fingerprint density at radius 3 is 2.65 bits per heavy atom. The van der Waals surface area contributed by atoms with E-state index in [9.17, 15) is 4.79 Å². The van der Waals surface area contributed by atoms with Gasteiger partial charge in [-0.15, -0.1) is 0 Å². The van der Waals surface area contributed by atoms with Crippen molar-refractivity contribution in [3.63, 3.8) is 0 Å². The number of carbonyl (C=O) groups is 1. The average molecular weight is 239 g/mol. The maximum atomic E-state index is 12.5. The van der Waals surface area contributed by atoms with E-state index in [2.05, 4.69) is 22.5 Å². The van der Waals surface area contributed by atoms with Crippen LogP contribution >= 0.6 is 0 Å². The van der Waals surface area contributed by atoms with Crippen LogP contribution in [-0.2, 0) is 4.79 Å². The molecule has 2 aliphatic heterocycles. The van der Waals surface area contributed by atoms with E-state index < -0.39 is 0 Å². The van der Waals surface area contributed by atoms with E-state index >= 15 is 0 Å². The van der Waals surface area contributed by atoms with E-state index in [1.165, 1.54) is 0 Å². The molecular formula is C13H25N3O. The molecule has 98 valence electrons. The molecule has 0 aromatic heterocycles. The van der Waals surface area contributed by atoms with Crippen molar-refractivity contribution in [1.82, 2.24) is 15.5 Å². The van der Waals surface area contributed by atoms with Crippen molar-refractivity contribution in [2.45, 2.75) is 38.6 Å². The summed E-state index contributed by atoms with van der Waals surface area (Å²) >= 11 is 0. The Kier molecular flexibility index (Phi) is 4.80. The van der Waals surface area contributed by atoms with Gasteiger partial charge in [-0.1, -0.05) is 6.92 Å². The lowest BCUT2D eigenvalue weighted by molar-refractivity contribution is -0.138. The summed E-state index contributed by atoms with van der Waals surface area (Å²) < 4.78 is 0. The van der Waals surface area contributed by atoms with Gasteiger partial charge in [-0.25, -0.2) is 0 Å². The highest BCUT2D eigenvalue weighted by Crippen LogP contribution is 2.18. The SMILES string of the molecule is CCCN(C(=O)C1CCCNC1)C1CCNC1. The molecule has 0 spiro atoms. The summed E-state index contributed by atoms with van der Waals surface area (Å²) in [6.07, 6.45) is 4.37. The second-order valence-electron chi connectivity index (χ2n) is 5.22. The second kappa shape index (κ2) is 6.36. The summed E-state index contributed by atoms with van der Waals surface area (Å²) in [6, 6.07) is 0.435. The van der Waals surface area contributed by atoms with Gasteiger partial charge in [-0.05, 0) is 38.8 Å². The largest absolute Gasteiger partial charge is 0.338 e. The van der Waals surface area contributed by atoms with Crippen molar-refractivity contribution in [1.29, 1.82) is 0 Å². The molecule has 0 aliphatic carbocycles. The van der Waals surface area contributed by atoms with Crippen molar-refractivity contribution < 1.29 is 4.79 Å². The summed E-state index contributed by atoms with van der Waals surface area (Å²) in [4.78, 5) is 14.7. The quantitative estimate of drug-likeness (QED) is 0.754. The van der Waals surface area contributed by atoms with Crippen LogP contribution in [0.4, 0.5) is 0 Å². The average Bonchev–Trinajstić information content (AvgIpc) is 2.90. The van der Waals surface area contributed by atoms with Crippen molar-refractivity contribution in [3.05, 3.63) is 0 Å². The summed E-state index contributed by atoms with van der Waals surface area (Å²) in [6.45, 7) is 7.05. The fourth-order valence-corrected chi connectivity index (χ4v) is 2.92. The number of hydrogen-bond acceptors (Lipinski definition) is 3. The van der Waals surface area contributed by atoms with Gasteiger partial charge in [0, 0.05) is 25.7 Å². The Morgan fingerprint density at radius 2 is 2.06 bits per heavy atom. The molecule has 2 saturated heterocycles. The van der Waals surface area contributed by atoms with Crippen molar-refractivity contribution in [2.24, 2.45) is 5.92 Å². The Balaban J connectivity index is 1.95. The number of piperidine rings is 1. The fraction of sp³-hybridized carbons (Fsp3) is 0.923. The molecule has 2 unspecified atom stereocenters. The minimum Gasteiger partial charge on any atom is -0.338 e. The van der Waals surface area contributed by atoms with E-state index in [4.69, 9.17) is 0 Å². The molecule has 2 heterocycles.